The van der Waals surface area contributed by atoms with Crippen molar-refractivity contribution in [2.45, 2.75) is 19.9 Å². The number of aryl methyl sites for hydroxylation is 1. The highest BCUT2D eigenvalue weighted by atomic mass is 32.2. The molecule has 1 aromatic heterocycles. The number of hydrogen-bond acceptors (Lipinski definition) is 6. The molecule has 0 aliphatic carbocycles. The highest BCUT2D eigenvalue weighted by Crippen LogP contribution is 2.33. The smallest absolute Gasteiger partial charge is 0.293 e. The van der Waals surface area contributed by atoms with Crippen LogP contribution in [0.2, 0.25) is 0 Å². The van der Waals surface area contributed by atoms with Crippen molar-refractivity contribution in [1.82, 2.24) is 4.98 Å². The number of benzene rings is 1. The molecule has 19 heavy (non-hydrogen) atoms. The predicted octanol–water partition coefficient (Wildman–Crippen LogP) is 3.68. The standard InChI is InChI=1S/C12H15N3O2S2/c1-7(6-18-3)13-9-4-10-12(19-8(2)14-10)5-11(9)15(16)17/h4-5,7,13H,6H2,1-3H3. The van der Waals surface area contributed by atoms with Crippen molar-refractivity contribution in [2.75, 3.05) is 17.3 Å². The minimum Gasteiger partial charge on any atom is -0.376 e. The summed E-state index contributed by atoms with van der Waals surface area (Å²) in [5, 5.41) is 15.3. The third kappa shape index (κ3) is 3.16. The van der Waals surface area contributed by atoms with Gasteiger partial charge in [0.05, 0.1) is 20.1 Å². The van der Waals surface area contributed by atoms with Crippen molar-refractivity contribution >= 4 is 44.7 Å². The third-order valence-corrected chi connectivity index (χ3v) is 4.40. The fraction of sp³-hybridized carbons (Fsp3) is 0.417. The van der Waals surface area contributed by atoms with Gasteiger partial charge in [-0.1, -0.05) is 0 Å². The number of rotatable bonds is 5. The summed E-state index contributed by atoms with van der Waals surface area (Å²) in [5.74, 6) is 0.894. The Balaban J connectivity index is 2.44. The Morgan fingerprint density at radius 1 is 1.58 bits per heavy atom. The number of hydrogen-bond donors (Lipinski definition) is 1. The van der Waals surface area contributed by atoms with Gasteiger partial charge in [-0.15, -0.1) is 11.3 Å². The SMILES string of the molecule is CSCC(C)Nc1cc2nc(C)sc2cc1[N+](=O)[O-]. The van der Waals surface area contributed by atoms with Crippen molar-refractivity contribution in [3.05, 3.63) is 27.3 Å². The lowest BCUT2D eigenvalue weighted by Gasteiger charge is -2.13. The Kier molecular flexibility index (Phi) is 4.26. The normalized spacial score (nSPS) is 12.6. The topological polar surface area (TPSA) is 68.1 Å². The molecule has 0 radical (unpaired) electrons. The van der Waals surface area contributed by atoms with Gasteiger partial charge in [-0.25, -0.2) is 4.98 Å². The molecule has 0 amide bonds. The first kappa shape index (κ1) is 14.1. The molecular formula is C12H15N3O2S2. The quantitative estimate of drug-likeness (QED) is 0.673. The predicted molar refractivity (Wildman–Crippen MR) is 82.5 cm³/mol. The lowest BCUT2D eigenvalue weighted by Crippen LogP contribution is -2.18. The summed E-state index contributed by atoms with van der Waals surface area (Å²) in [4.78, 5) is 15.2. The van der Waals surface area contributed by atoms with Crippen molar-refractivity contribution in [1.29, 1.82) is 0 Å². The van der Waals surface area contributed by atoms with E-state index in [1.54, 1.807) is 23.9 Å². The van der Waals surface area contributed by atoms with Gasteiger partial charge < -0.3 is 5.32 Å². The van der Waals surface area contributed by atoms with Crippen LogP contribution in [-0.2, 0) is 0 Å². The van der Waals surface area contributed by atoms with Gasteiger partial charge in [-0.05, 0) is 26.2 Å². The summed E-state index contributed by atoms with van der Waals surface area (Å²) in [6.45, 7) is 3.91. The summed E-state index contributed by atoms with van der Waals surface area (Å²) < 4.78 is 0.854. The Hall–Kier alpha value is -1.34. The first-order chi connectivity index (χ1) is 9.01. The number of nitro benzene ring substituents is 1. The molecule has 1 aromatic carbocycles. The molecule has 0 saturated carbocycles. The van der Waals surface area contributed by atoms with Crippen LogP contribution in [0.1, 0.15) is 11.9 Å². The molecule has 0 bridgehead atoms. The van der Waals surface area contributed by atoms with Gasteiger partial charge in [-0.3, -0.25) is 10.1 Å². The van der Waals surface area contributed by atoms with E-state index in [4.69, 9.17) is 0 Å². The number of nitro groups is 1. The van der Waals surface area contributed by atoms with Crippen LogP contribution in [-0.4, -0.2) is 28.0 Å². The zero-order chi connectivity index (χ0) is 14.0. The molecule has 2 aromatic rings. The maximum atomic E-state index is 11.2. The van der Waals surface area contributed by atoms with E-state index in [9.17, 15) is 10.1 Å². The van der Waals surface area contributed by atoms with Gasteiger partial charge in [-0.2, -0.15) is 11.8 Å². The van der Waals surface area contributed by atoms with E-state index in [2.05, 4.69) is 10.3 Å². The average molecular weight is 297 g/mol. The molecule has 0 spiro atoms. The first-order valence-electron chi connectivity index (χ1n) is 5.82. The fourth-order valence-electron chi connectivity index (χ4n) is 1.90. The molecule has 2 rings (SSSR count). The highest BCUT2D eigenvalue weighted by Gasteiger charge is 2.18. The molecule has 1 heterocycles. The van der Waals surface area contributed by atoms with Crippen LogP contribution in [0, 0.1) is 17.0 Å². The molecule has 0 aliphatic rings. The van der Waals surface area contributed by atoms with Crippen molar-refractivity contribution in [3.8, 4) is 0 Å². The van der Waals surface area contributed by atoms with Gasteiger partial charge in [0.1, 0.15) is 5.69 Å². The number of fused-ring (bicyclic) bond motifs is 1. The van der Waals surface area contributed by atoms with E-state index < -0.39 is 0 Å². The summed E-state index contributed by atoms with van der Waals surface area (Å²) >= 11 is 3.18. The molecule has 7 heteroatoms. The van der Waals surface area contributed by atoms with Gasteiger partial charge in [0.15, 0.2) is 0 Å². The monoisotopic (exact) mass is 297 g/mol. The molecule has 0 fully saturated rings. The number of anilines is 1. The lowest BCUT2D eigenvalue weighted by atomic mass is 10.2. The number of thiazole rings is 1. The number of aromatic nitrogens is 1. The highest BCUT2D eigenvalue weighted by molar-refractivity contribution is 7.98. The molecule has 0 saturated heterocycles. The fourth-order valence-corrected chi connectivity index (χ4v) is 3.33. The second-order valence-corrected chi connectivity index (χ2v) is 6.47. The van der Waals surface area contributed by atoms with Gasteiger partial charge in [0.2, 0.25) is 0 Å². The summed E-state index contributed by atoms with van der Waals surface area (Å²) in [6.07, 6.45) is 2.01. The zero-order valence-corrected chi connectivity index (χ0v) is 12.6. The molecule has 1 atom stereocenters. The molecule has 102 valence electrons. The van der Waals surface area contributed by atoms with Crippen LogP contribution in [0.5, 0.6) is 0 Å². The number of nitrogens with one attached hydrogen (secondary N) is 1. The summed E-state index contributed by atoms with van der Waals surface area (Å²) in [7, 11) is 0. The van der Waals surface area contributed by atoms with E-state index in [0.717, 1.165) is 21.0 Å². The lowest BCUT2D eigenvalue weighted by molar-refractivity contribution is -0.383. The van der Waals surface area contributed by atoms with Crippen LogP contribution in [0.3, 0.4) is 0 Å². The Labute approximate surface area is 119 Å². The van der Waals surface area contributed by atoms with Gasteiger partial charge >= 0.3 is 0 Å². The van der Waals surface area contributed by atoms with E-state index in [-0.39, 0.29) is 16.7 Å². The van der Waals surface area contributed by atoms with Crippen LogP contribution >= 0.6 is 23.1 Å². The van der Waals surface area contributed by atoms with E-state index in [1.165, 1.54) is 11.3 Å². The first-order valence-corrected chi connectivity index (χ1v) is 8.03. The van der Waals surface area contributed by atoms with Crippen LogP contribution in [0.15, 0.2) is 12.1 Å². The zero-order valence-electron chi connectivity index (χ0n) is 11.0. The number of thioether (sulfide) groups is 1. The maximum Gasteiger partial charge on any atom is 0.293 e. The Morgan fingerprint density at radius 2 is 2.32 bits per heavy atom. The van der Waals surface area contributed by atoms with Crippen molar-refractivity contribution in [3.63, 3.8) is 0 Å². The molecule has 1 N–H and O–H groups in total. The number of nitrogens with zero attached hydrogens (tertiary/aromatic N) is 2. The second kappa shape index (κ2) is 5.75. The maximum absolute atomic E-state index is 11.2. The molecule has 1 unspecified atom stereocenters. The van der Waals surface area contributed by atoms with E-state index >= 15 is 0 Å². The van der Waals surface area contributed by atoms with Gasteiger partial charge in [0.25, 0.3) is 5.69 Å². The van der Waals surface area contributed by atoms with Crippen LogP contribution in [0.4, 0.5) is 11.4 Å². The van der Waals surface area contributed by atoms with Crippen LogP contribution < -0.4 is 5.32 Å². The van der Waals surface area contributed by atoms with Crippen molar-refractivity contribution in [2.24, 2.45) is 0 Å². The van der Waals surface area contributed by atoms with Crippen molar-refractivity contribution < 1.29 is 4.92 Å². The third-order valence-electron chi connectivity index (χ3n) is 2.63. The Bertz CT molecular complexity index is 612. The summed E-state index contributed by atoms with van der Waals surface area (Å²) in [6, 6.07) is 3.55. The van der Waals surface area contributed by atoms with E-state index in [0.29, 0.717) is 5.69 Å². The Morgan fingerprint density at radius 3 is 2.95 bits per heavy atom. The largest absolute Gasteiger partial charge is 0.376 e. The minimum atomic E-state index is -0.345. The molecular weight excluding hydrogens is 282 g/mol. The minimum absolute atomic E-state index is 0.115. The molecule has 5 nitrogen and oxygen atoms in total. The average Bonchev–Trinajstić information content (AvgIpc) is 2.67. The van der Waals surface area contributed by atoms with E-state index in [1.807, 2.05) is 20.1 Å². The second-order valence-electron chi connectivity index (χ2n) is 4.33. The van der Waals surface area contributed by atoms with Gasteiger partial charge in [0, 0.05) is 17.9 Å². The van der Waals surface area contributed by atoms with Crippen LogP contribution in [0.25, 0.3) is 10.2 Å². The molecule has 0 aliphatic heterocycles. The summed E-state index contributed by atoms with van der Waals surface area (Å²) in [5.41, 5.74) is 1.47.